The minimum Gasteiger partial charge on any atom is -0.342 e. The minimum absolute atomic E-state index is 0.845. The highest BCUT2D eigenvalue weighted by atomic mass is 127. The fourth-order valence-corrected chi connectivity index (χ4v) is 3.34. The van der Waals surface area contributed by atoms with Crippen LogP contribution in [-0.4, -0.2) is 10.8 Å². The van der Waals surface area contributed by atoms with Crippen molar-refractivity contribution in [3.8, 4) is 0 Å². The van der Waals surface area contributed by atoms with Gasteiger partial charge in [-0.05, 0) is 58.5 Å². The summed E-state index contributed by atoms with van der Waals surface area (Å²) in [4.78, 5) is 0. The van der Waals surface area contributed by atoms with Crippen LogP contribution in [0.5, 0.6) is 0 Å². The predicted molar refractivity (Wildman–Crippen MR) is 118 cm³/mol. The molecule has 0 aliphatic rings. The molecule has 1 heterocycles. The van der Waals surface area contributed by atoms with Gasteiger partial charge in [-0.15, -0.1) is 0 Å². The SMILES string of the molecule is Ic1ccc(Cn2cc(C=NNc3ccccc3)c3ccccc32)cc1. The molecule has 0 saturated carbocycles. The van der Waals surface area contributed by atoms with E-state index in [9.17, 15) is 0 Å². The van der Waals surface area contributed by atoms with Gasteiger partial charge in [0.05, 0.1) is 11.9 Å². The monoisotopic (exact) mass is 451 g/mol. The molecular formula is C22H18IN3. The molecular weight excluding hydrogens is 433 g/mol. The average molecular weight is 451 g/mol. The molecule has 4 rings (SSSR count). The molecule has 0 fully saturated rings. The first-order chi connectivity index (χ1) is 12.8. The molecule has 0 spiro atoms. The van der Waals surface area contributed by atoms with Crippen LogP contribution in [0.25, 0.3) is 10.9 Å². The van der Waals surface area contributed by atoms with E-state index in [-0.39, 0.29) is 0 Å². The fourth-order valence-electron chi connectivity index (χ4n) is 2.98. The zero-order chi connectivity index (χ0) is 17.8. The Morgan fingerprint density at radius 1 is 0.885 bits per heavy atom. The Morgan fingerprint density at radius 3 is 2.42 bits per heavy atom. The Hall–Kier alpha value is -2.60. The van der Waals surface area contributed by atoms with Crippen LogP contribution in [0.3, 0.4) is 0 Å². The van der Waals surface area contributed by atoms with Gasteiger partial charge in [0, 0.05) is 32.8 Å². The minimum atomic E-state index is 0.845. The molecule has 0 saturated heterocycles. The molecule has 1 aromatic heterocycles. The number of aromatic nitrogens is 1. The van der Waals surface area contributed by atoms with E-state index in [0.717, 1.165) is 17.8 Å². The van der Waals surface area contributed by atoms with E-state index in [0.29, 0.717) is 0 Å². The summed E-state index contributed by atoms with van der Waals surface area (Å²) in [7, 11) is 0. The summed E-state index contributed by atoms with van der Waals surface area (Å²) < 4.78 is 3.53. The van der Waals surface area contributed by atoms with E-state index < -0.39 is 0 Å². The first-order valence-corrected chi connectivity index (χ1v) is 9.54. The Balaban J connectivity index is 1.62. The van der Waals surface area contributed by atoms with Gasteiger partial charge in [-0.3, -0.25) is 5.43 Å². The van der Waals surface area contributed by atoms with Crippen molar-refractivity contribution in [3.63, 3.8) is 0 Å². The number of para-hydroxylation sites is 2. The number of hydrogen-bond acceptors (Lipinski definition) is 2. The second kappa shape index (κ2) is 7.74. The van der Waals surface area contributed by atoms with Gasteiger partial charge in [0.25, 0.3) is 0 Å². The summed E-state index contributed by atoms with van der Waals surface area (Å²) in [6, 6.07) is 27.1. The number of anilines is 1. The van der Waals surface area contributed by atoms with Gasteiger partial charge in [-0.25, -0.2) is 0 Å². The number of rotatable bonds is 5. The van der Waals surface area contributed by atoms with Crippen LogP contribution in [0.15, 0.2) is 90.2 Å². The standard InChI is InChI=1S/C22H18IN3/c23-19-12-10-17(11-13-19)15-26-16-18(21-8-4-5-9-22(21)26)14-24-25-20-6-2-1-3-7-20/h1-14,16,25H,15H2. The molecule has 128 valence electrons. The summed E-state index contributed by atoms with van der Waals surface area (Å²) >= 11 is 2.33. The molecule has 4 aromatic rings. The van der Waals surface area contributed by atoms with E-state index in [1.54, 1.807) is 0 Å². The number of halogens is 1. The summed E-state index contributed by atoms with van der Waals surface area (Å²) in [6.07, 6.45) is 4.05. The molecule has 0 aliphatic carbocycles. The highest BCUT2D eigenvalue weighted by molar-refractivity contribution is 14.1. The number of nitrogens with zero attached hydrogens (tertiary/aromatic N) is 2. The van der Waals surface area contributed by atoms with Crippen LogP contribution in [0.4, 0.5) is 5.69 Å². The number of benzene rings is 3. The first-order valence-electron chi connectivity index (χ1n) is 8.46. The van der Waals surface area contributed by atoms with Gasteiger partial charge in [-0.1, -0.05) is 48.5 Å². The van der Waals surface area contributed by atoms with Crippen LogP contribution < -0.4 is 5.43 Å². The van der Waals surface area contributed by atoms with Crippen molar-refractivity contribution in [1.29, 1.82) is 0 Å². The highest BCUT2D eigenvalue weighted by Crippen LogP contribution is 2.21. The maximum atomic E-state index is 4.40. The van der Waals surface area contributed by atoms with E-state index in [1.807, 2.05) is 36.5 Å². The van der Waals surface area contributed by atoms with Gasteiger partial charge < -0.3 is 4.57 Å². The van der Waals surface area contributed by atoms with Crippen LogP contribution in [0.1, 0.15) is 11.1 Å². The number of hydrogen-bond donors (Lipinski definition) is 1. The third-order valence-electron chi connectivity index (χ3n) is 4.26. The lowest BCUT2D eigenvalue weighted by molar-refractivity contribution is 0.836. The Morgan fingerprint density at radius 2 is 1.62 bits per heavy atom. The van der Waals surface area contributed by atoms with Crippen molar-refractivity contribution in [3.05, 3.63) is 99.8 Å². The Bertz CT molecular complexity index is 1030. The van der Waals surface area contributed by atoms with Crippen molar-refractivity contribution < 1.29 is 0 Å². The normalized spacial score (nSPS) is 11.3. The quantitative estimate of drug-likeness (QED) is 0.234. The molecule has 0 unspecified atom stereocenters. The fraction of sp³-hybridized carbons (Fsp3) is 0.0455. The first kappa shape index (κ1) is 16.8. The molecule has 0 bridgehead atoms. The molecule has 0 atom stereocenters. The maximum absolute atomic E-state index is 4.40. The molecule has 0 aliphatic heterocycles. The van der Waals surface area contributed by atoms with Gasteiger partial charge in [0.2, 0.25) is 0 Å². The third kappa shape index (κ3) is 3.80. The smallest absolute Gasteiger partial charge is 0.0566 e. The van der Waals surface area contributed by atoms with Gasteiger partial charge >= 0.3 is 0 Å². The number of fused-ring (bicyclic) bond motifs is 1. The number of nitrogens with one attached hydrogen (secondary N) is 1. The van der Waals surface area contributed by atoms with Gasteiger partial charge in [0.15, 0.2) is 0 Å². The molecule has 3 nitrogen and oxygen atoms in total. The predicted octanol–water partition coefficient (Wildman–Crippen LogP) is 5.74. The van der Waals surface area contributed by atoms with Crippen LogP contribution in [-0.2, 0) is 6.54 Å². The highest BCUT2D eigenvalue weighted by Gasteiger charge is 2.07. The van der Waals surface area contributed by atoms with E-state index >= 15 is 0 Å². The second-order valence-corrected chi connectivity index (χ2v) is 7.34. The lowest BCUT2D eigenvalue weighted by Crippen LogP contribution is -1.97. The van der Waals surface area contributed by atoms with Crippen LogP contribution in [0, 0.1) is 3.57 Å². The Labute approximate surface area is 166 Å². The molecule has 26 heavy (non-hydrogen) atoms. The average Bonchev–Trinajstić information content (AvgIpc) is 3.02. The lowest BCUT2D eigenvalue weighted by atomic mass is 10.2. The van der Waals surface area contributed by atoms with Crippen molar-refractivity contribution in [2.75, 3.05) is 5.43 Å². The van der Waals surface area contributed by atoms with Crippen LogP contribution >= 0.6 is 22.6 Å². The second-order valence-electron chi connectivity index (χ2n) is 6.09. The molecule has 0 amide bonds. The van der Waals surface area contributed by atoms with Crippen molar-refractivity contribution in [2.45, 2.75) is 6.54 Å². The van der Waals surface area contributed by atoms with E-state index in [2.05, 4.69) is 92.4 Å². The largest absolute Gasteiger partial charge is 0.342 e. The van der Waals surface area contributed by atoms with Crippen molar-refractivity contribution >= 4 is 45.4 Å². The molecule has 1 N–H and O–H groups in total. The van der Waals surface area contributed by atoms with Crippen molar-refractivity contribution in [2.24, 2.45) is 5.10 Å². The van der Waals surface area contributed by atoms with Gasteiger partial charge in [0.1, 0.15) is 0 Å². The number of hydrazone groups is 1. The zero-order valence-corrected chi connectivity index (χ0v) is 16.3. The topological polar surface area (TPSA) is 29.3 Å². The molecule has 0 radical (unpaired) electrons. The zero-order valence-electron chi connectivity index (χ0n) is 14.1. The summed E-state index contributed by atoms with van der Waals surface area (Å²) in [5, 5.41) is 5.61. The van der Waals surface area contributed by atoms with Crippen LogP contribution in [0.2, 0.25) is 0 Å². The lowest BCUT2D eigenvalue weighted by Gasteiger charge is -2.05. The van der Waals surface area contributed by atoms with E-state index in [4.69, 9.17) is 0 Å². The molecule has 3 aromatic carbocycles. The third-order valence-corrected chi connectivity index (χ3v) is 4.98. The van der Waals surface area contributed by atoms with Crippen molar-refractivity contribution in [1.82, 2.24) is 4.57 Å². The summed E-state index contributed by atoms with van der Waals surface area (Å²) in [5.41, 5.74) is 7.67. The van der Waals surface area contributed by atoms with E-state index in [1.165, 1.54) is 20.0 Å². The maximum Gasteiger partial charge on any atom is 0.0566 e. The summed E-state index contributed by atoms with van der Waals surface area (Å²) in [6.45, 7) is 0.845. The van der Waals surface area contributed by atoms with Gasteiger partial charge in [-0.2, -0.15) is 5.10 Å². The Kier molecular flexibility index (Phi) is 5.02. The molecule has 4 heteroatoms. The summed E-state index contributed by atoms with van der Waals surface area (Å²) in [5.74, 6) is 0.